The van der Waals surface area contributed by atoms with E-state index in [-0.39, 0.29) is 0 Å². The first-order chi connectivity index (χ1) is 7.13. The zero-order valence-electron chi connectivity index (χ0n) is 10.7. The van der Waals surface area contributed by atoms with E-state index in [2.05, 4.69) is 56.5 Å². The molecule has 0 heterocycles. The molecule has 0 aromatic heterocycles. The molecule has 0 saturated heterocycles. The summed E-state index contributed by atoms with van der Waals surface area (Å²) in [7, 11) is 0. The molecule has 0 aliphatic heterocycles. The zero-order valence-corrected chi connectivity index (χ0v) is 12.3. The van der Waals surface area contributed by atoms with Crippen LogP contribution in [0.3, 0.4) is 0 Å². The molecule has 0 amide bonds. The van der Waals surface area contributed by atoms with Gasteiger partial charge in [0.2, 0.25) is 0 Å². The SMILES string of the molecule is CC(C)CSCCNCCSCC(C)C. The minimum Gasteiger partial charge on any atom is -0.315 e. The number of thioether (sulfide) groups is 2. The van der Waals surface area contributed by atoms with Crippen LogP contribution in [-0.4, -0.2) is 36.1 Å². The normalized spacial score (nSPS) is 11.6. The molecule has 3 heteroatoms. The fourth-order valence-corrected chi connectivity index (χ4v) is 2.91. The third-order valence-corrected chi connectivity index (χ3v) is 4.54. The highest BCUT2D eigenvalue weighted by Crippen LogP contribution is 2.07. The molecule has 92 valence electrons. The van der Waals surface area contributed by atoms with Crippen molar-refractivity contribution in [3.05, 3.63) is 0 Å². The van der Waals surface area contributed by atoms with Crippen LogP contribution in [0.1, 0.15) is 27.7 Å². The lowest BCUT2D eigenvalue weighted by Gasteiger charge is -2.07. The Balaban J connectivity index is 2.93. The lowest BCUT2D eigenvalue weighted by Crippen LogP contribution is -2.20. The Kier molecular flexibility index (Phi) is 11.6. The lowest BCUT2D eigenvalue weighted by molar-refractivity contribution is 0.740. The van der Waals surface area contributed by atoms with Gasteiger partial charge in [-0.2, -0.15) is 23.5 Å². The summed E-state index contributed by atoms with van der Waals surface area (Å²) in [5.74, 6) is 6.77. The summed E-state index contributed by atoms with van der Waals surface area (Å²) in [6, 6.07) is 0. The van der Waals surface area contributed by atoms with E-state index in [9.17, 15) is 0 Å². The molecule has 0 radical (unpaired) electrons. The minimum atomic E-state index is 0.830. The maximum absolute atomic E-state index is 3.49. The maximum Gasteiger partial charge on any atom is 0.00582 e. The van der Waals surface area contributed by atoms with Crippen LogP contribution in [0.4, 0.5) is 0 Å². The largest absolute Gasteiger partial charge is 0.315 e. The molecule has 0 spiro atoms. The fourth-order valence-electron chi connectivity index (χ4n) is 1.05. The van der Waals surface area contributed by atoms with Crippen molar-refractivity contribution in [2.75, 3.05) is 36.1 Å². The summed E-state index contributed by atoms with van der Waals surface area (Å²) in [6.07, 6.45) is 0. The Bertz CT molecular complexity index is 113. The average Bonchev–Trinajstić information content (AvgIpc) is 2.14. The van der Waals surface area contributed by atoms with E-state index in [1.807, 2.05) is 0 Å². The van der Waals surface area contributed by atoms with Gasteiger partial charge < -0.3 is 5.32 Å². The second-order valence-corrected chi connectivity index (χ2v) is 6.99. The quantitative estimate of drug-likeness (QED) is 0.596. The van der Waals surface area contributed by atoms with Crippen LogP contribution in [0.5, 0.6) is 0 Å². The molecule has 0 fully saturated rings. The predicted octanol–water partition coefficient (Wildman–Crippen LogP) is 3.35. The third-order valence-electron chi connectivity index (χ3n) is 1.75. The third kappa shape index (κ3) is 14.7. The number of nitrogens with one attached hydrogen (secondary N) is 1. The van der Waals surface area contributed by atoms with E-state index >= 15 is 0 Å². The van der Waals surface area contributed by atoms with Crippen molar-refractivity contribution in [1.29, 1.82) is 0 Å². The van der Waals surface area contributed by atoms with Crippen molar-refractivity contribution in [3.63, 3.8) is 0 Å². The molecule has 0 rings (SSSR count). The molecule has 0 aromatic carbocycles. The Hall–Kier alpha value is 0.660. The van der Waals surface area contributed by atoms with E-state index < -0.39 is 0 Å². The standard InChI is InChI=1S/C12H27NS2/c1-11(2)9-14-7-5-13-6-8-15-10-12(3)4/h11-13H,5-10H2,1-4H3. The first kappa shape index (κ1) is 15.7. The van der Waals surface area contributed by atoms with Crippen LogP contribution in [0.2, 0.25) is 0 Å². The van der Waals surface area contributed by atoms with Crippen molar-refractivity contribution in [2.24, 2.45) is 11.8 Å². The molecule has 0 bridgehead atoms. The predicted molar refractivity (Wildman–Crippen MR) is 77.2 cm³/mol. The van der Waals surface area contributed by atoms with Gasteiger partial charge in [0, 0.05) is 24.6 Å². The summed E-state index contributed by atoms with van der Waals surface area (Å²) in [5, 5.41) is 3.49. The van der Waals surface area contributed by atoms with Crippen LogP contribution in [0.25, 0.3) is 0 Å². The molecular weight excluding hydrogens is 222 g/mol. The summed E-state index contributed by atoms with van der Waals surface area (Å²) in [5.41, 5.74) is 0. The minimum absolute atomic E-state index is 0.830. The van der Waals surface area contributed by atoms with Crippen LogP contribution in [0.15, 0.2) is 0 Å². The second-order valence-electron chi connectivity index (χ2n) is 4.69. The van der Waals surface area contributed by atoms with Gasteiger partial charge in [0.15, 0.2) is 0 Å². The van der Waals surface area contributed by atoms with Crippen LogP contribution >= 0.6 is 23.5 Å². The van der Waals surface area contributed by atoms with Gasteiger partial charge in [-0.1, -0.05) is 27.7 Å². The molecule has 0 atom stereocenters. The first-order valence-corrected chi connectivity index (χ1v) is 8.30. The van der Waals surface area contributed by atoms with Crippen molar-refractivity contribution in [2.45, 2.75) is 27.7 Å². The maximum atomic E-state index is 3.49. The van der Waals surface area contributed by atoms with Crippen molar-refractivity contribution < 1.29 is 0 Å². The monoisotopic (exact) mass is 249 g/mol. The summed E-state index contributed by atoms with van der Waals surface area (Å²) < 4.78 is 0. The van der Waals surface area contributed by atoms with Crippen LogP contribution in [-0.2, 0) is 0 Å². The summed E-state index contributed by atoms with van der Waals surface area (Å²) >= 11 is 4.12. The topological polar surface area (TPSA) is 12.0 Å². The molecule has 15 heavy (non-hydrogen) atoms. The molecule has 0 aliphatic carbocycles. The molecular formula is C12H27NS2. The van der Waals surface area contributed by atoms with Gasteiger partial charge in [0.25, 0.3) is 0 Å². The second kappa shape index (κ2) is 11.2. The Labute approximate surface area is 105 Å². The summed E-state index contributed by atoms with van der Waals surface area (Å²) in [6.45, 7) is 11.5. The molecule has 0 unspecified atom stereocenters. The smallest absolute Gasteiger partial charge is 0.00582 e. The fraction of sp³-hybridized carbons (Fsp3) is 1.00. The Morgan fingerprint density at radius 3 is 1.53 bits per heavy atom. The Morgan fingerprint density at radius 2 is 1.20 bits per heavy atom. The number of hydrogen-bond donors (Lipinski definition) is 1. The highest BCUT2D eigenvalue weighted by molar-refractivity contribution is 7.99. The summed E-state index contributed by atoms with van der Waals surface area (Å²) in [4.78, 5) is 0. The molecule has 0 aromatic rings. The van der Waals surface area contributed by atoms with E-state index in [4.69, 9.17) is 0 Å². The van der Waals surface area contributed by atoms with Gasteiger partial charge in [-0.05, 0) is 23.3 Å². The van der Waals surface area contributed by atoms with Crippen molar-refractivity contribution >= 4 is 23.5 Å². The molecule has 1 nitrogen and oxygen atoms in total. The molecule has 1 N–H and O–H groups in total. The van der Waals surface area contributed by atoms with E-state index in [0.29, 0.717) is 0 Å². The highest BCUT2D eigenvalue weighted by Gasteiger charge is 1.95. The zero-order chi connectivity index (χ0) is 11.5. The van der Waals surface area contributed by atoms with Gasteiger partial charge in [0.1, 0.15) is 0 Å². The molecule has 0 saturated carbocycles. The van der Waals surface area contributed by atoms with Crippen molar-refractivity contribution in [3.8, 4) is 0 Å². The van der Waals surface area contributed by atoms with E-state index in [0.717, 1.165) is 11.8 Å². The van der Waals surface area contributed by atoms with E-state index in [1.54, 1.807) is 0 Å². The average molecular weight is 249 g/mol. The van der Waals surface area contributed by atoms with Crippen LogP contribution in [0, 0.1) is 11.8 Å². The lowest BCUT2D eigenvalue weighted by atomic mass is 10.3. The van der Waals surface area contributed by atoms with Gasteiger partial charge in [-0.15, -0.1) is 0 Å². The number of rotatable bonds is 10. The van der Waals surface area contributed by atoms with E-state index in [1.165, 1.54) is 36.1 Å². The van der Waals surface area contributed by atoms with Crippen LogP contribution < -0.4 is 5.32 Å². The first-order valence-electron chi connectivity index (χ1n) is 5.99. The Morgan fingerprint density at radius 1 is 0.800 bits per heavy atom. The van der Waals surface area contributed by atoms with Gasteiger partial charge in [-0.25, -0.2) is 0 Å². The number of hydrogen-bond acceptors (Lipinski definition) is 3. The molecule has 0 aliphatic rings. The highest BCUT2D eigenvalue weighted by atomic mass is 32.2. The van der Waals surface area contributed by atoms with Crippen molar-refractivity contribution in [1.82, 2.24) is 5.32 Å². The van der Waals surface area contributed by atoms with Gasteiger partial charge >= 0.3 is 0 Å². The van der Waals surface area contributed by atoms with Gasteiger partial charge in [0.05, 0.1) is 0 Å². The van der Waals surface area contributed by atoms with Gasteiger partial charge in [-0.3, -0.25) is 0 Å².